The van der Waals surface area contributed by atoms with Crippen molar-refractivity contribution in [2.24, 2.45) is 0 Å². The highest BCUT2D eigenvalue weighted by atomic mass is 79.9. The van der Waals surface area contributed by atoms with E-state index < -0.39 is 28.0 Å². The van der Waals surface area contributed by atoms with Crippen LogP contribution in [0.5, 0.6) is 0 Å². The van der Waals surface area contributed by atoms with E-state index in [1.54, 1.807) is 5.48 Å². The highest BCUT2D eigenvalue weighted by Crippen LogP contribution is 2.18. The van der Waals surface area contributed by atoms with Crippen LogP contribution in [0.3, 0.4) is 0 Å². The molecule has 0 aromatic heterocycles. The maximum absolute atomic E-state index is 11.8. The zero-order chi connectivity index (χ0) is 13.8. The lowest BCUT2D eigenvalue weighted by Gasteiger charge is -2.11. The van der Waals surface area contributed by atoms with Crippen LogP contribution in [-0.4, -0.2) is 36.8 Å². The van der Waals surface area contributed by atoms with Crippen LogP contribution in [0.1, 0.15) is 0 Å². The fourth-order valence-electron chi connectivity index (χ4n) is 1.05. The summed E-state index contributed by atoms with van der Waals surface area (Å²) in [5.41, 5.74) is -0.723. The summed E-state index contributed by atoms with van der Waals surface area (Å²) in [6.45, 7) is -0.837. The molecule has 1 rings (SSSR count). The molecular formula is C9H10BrNO6S. The van der Waals surface area contributed by atoms with E-state index in [1.807, 2.05) is 0 Å². The number of sulfone groups is 1. The molecule has 3 N–H and O–H groups in total. The second-order valence-electron chi connectivity index (χ2n) is 3.09. The molecule has 0 bridgehead atoms. The average Bonchev–Trinajstić information content (AvgIpc) is 2.35. The third-order valence-electron chi connectivity index (χ3n) is 1.90. The first kappa shape index (κ1) is 15.1. The second-order valence-corrected chi connectivity index (χ2v) is 6.01. The van der Waals surface area contributed by atoms with Crippen LogP contribution in [0.2, 0.25) is 0 Å². The number of carbonyl (C=O) groups is 1. The van der Waals surface area contributed by atoms with Crippen molar-refractivity contribution in [2.45, 2.75) is 10.3 Å². The Balaban J connectivity index is 2.92. The number of amides is 1. The number of aliphatic hydroxyl groups excluding tert-OH is 2. The molecule has 1 amide bonds. The van der Waals surface area contributed by atoms with E-state index in [0.29, 0.717) is 4.47 Å². The van der Waals surface area contributed by atoms with Gasteiger partial charge in [0.15, 0.2) is 6.79 Å². The number of hydroxylamine groups is 1. The Morgan fingerprint density at radius 2 is 1.94 bits per heavy atom. The van der Waals surface area contributed by atoms with Gasteiger partial charge in [0, 0.05) is 4.47 Å². The van der Waals surface area contributed by atoms with Crippen LogP contribution in [0, 0.1) is 0 Å². The molecular weight excluding hydrogens is 330 g/mol. The van der Waals surface area contributed by atoms with Gasteiger partial charge in [0.2, 0.25) is 15.3 Å². The van der Waals surface area contributed by atoms with Gasteiger partial charge in [-0.05, 0) is 24.3 Å². The molecule has 0 aliphatic heterocycles. The van der Waals surface area contributed by atoms with Crippen LogP contribution >= 0.6 is 15.9 Å². The first-order valence-electron chi connectivity index (χ1n) is 4.59. The smallest absolute Gasteiger partial charge is 0.288 e. The van der Waals surface area contributed by atoms with Gasteiger partial charge in [-0.3, -0.25) is 4.79 Å². The summed E-state index contributed by atoms with van der Waals surface area (Å²) < 4.78 is 24.3. The first-order valence-corrected chi connectivity index (χ1v) is 6.93. The minimum Gasteiger partial charge on any atom is -0.369 e. The molecule has 1 aromatic rings. The van der Waals surface area contributed by atoms with Crippen LogP contribution in [-0.2, 0) is 19.5 Å². The van der Waals surface area contributed by atoms with Crippen molar-refractivity contribution >= 4 is 31.7 Å². The maximum atomic E-state index is 11.8. The van der Waals surface area contributed by atoms with Gasteiger partial charge in [-0.2, -0.15) is 0 Å². The molecule has 7 nitrogen and oxygen atoms in total. The van der Waals surface area contributed by atoms with Crippen LogP contribution < -0.4 is 5.48 Å². The molecule has 100 valence electrons. The Morgan fingerprint density at radius 3 is 2.44 bits per heavy atom. The molecule has 1 atom stereocenters. The van der Waals surface area contributed by atoms with Crippen molar-refractivity contribution in [1.82, 2.24) is 5.48 Å². The fourth-order valence-corrected chi connectivity index (χ4v) is 2.42. The van der Waals surface area contributed by atoms with E-state index >= 15 is 0 Å². The van der Waals surface area contributed by atoms with Crippen molar-refractivity contribution in [3.8, 4) is 0 Å². The zero-order valence-electron chi connectivity index (χ0n) is 8.91. The minimum atomic E-state index is -4.22. The third kappa shape index (κ3) is 3.50. The van der Waals surface area contributed by atoms with E-state index in [-0.39, 0.29) is 4.90 Å². The summed E-state index contributed by atoms with van der Waals surface area (Å²) in [5, 5.41) is 17.7. The second kappa shape index (κ2) is 6.25. The Bertz CT molecular complexity index is 514. The summed E-state index contributed by atoms with van der Waals surface area (Å²) in [7, 11) is -4.22. The number of hydrogen-bond acceptors (Lipinski definition) is 6. The Labute approximate surface area is 111 Å². The van der Waals surface area contributed by atoms with Gasteiger partial charge in [0.25, 0.3) is 5.91 Å². The van der Waals surface area contributed by atoms with Crippen LogP contribution in [0.4, 0.5) is 0 Å². The number of aliphatic hydroxyl groups is 2. The summed E-state index contributed by atoms with van der Waals surface area (Å²) in [6.07, 6.45) is 0. The van der Waals surface area contributed by atoms with E-state index in [4.69, 9.17) is 5.11 Å². The van der Waals surface area contributed by atoms with Crippen molar-refractivity contribution < 1.29 is 28.3 Å². The molecule has 18 heavy (non-hydrogen) atoms. The lowest BCUT2D eigenvalue weighted by Crippen LogP contribution is -2.39. The Morgan fingerprint density at radius 1 is 1.39 bits per heavy atom. The van der Waals surface area contributed by atoms with Gasteiger partial charge < -0.3 is 10.2 Å². The summed E-state index contributed by atoms with van der Waals surface area (Å²) in [4.78, 5) is 15.1. The van der Waals surface area contributed by atoms with E-state index in [1.165, 1.54) is 24.3 Å². The van der Waals surface area contributed by atoms with E-state index in [2.05, 4.69) is 20.8 Å². The van der Waals surface area contributed by atoms with Crippen molar-refractivity contribution in [2.75, 3.05) is 6.79 Å². The summed E-state index contributed by atoms with van der Waals surface area (Å²) >= 11 is 3.13. The zero-order valence-corrected chi connectivity index (χ0v) is 11.3. The van der Waals surface area contributed by atoms with Crippen molar-refractivity contribution in [1.29, 1.82) is 0 Å². The van der Waals surface area contributed by atoms with Gasteiger partial charge >= 0.3 is 0 Å². The Hall–Kier alpha value is -1.00. The maximum Gasteiger partial charge on any atom is 0.288 e. The monoisotopic (exact) mass is 339 g/mol. The number of carbonyl (C=O) groups excluding carboxylic acids is 1. The quantitative estimate of drug-likeness (QED) is 0.494. The molecule has 0 radical (unpaired) electrons. The van der Waals surface area contributed by atoms with Gasteiger partial charge in [0.05, 0.1) is 4.90 Å². The largest absolute Gasteiger partial charge is 0.369 e. The van der Waals surface area contributed by atoms with Crippen LogP contribution in [0.25, 0.3) is 0 Å². The Kier molecular flexibility index (Phi) is 5.23. The molecule has 0 aliphatic rings. The highest BCUT2D eigenvalue weighted by Gasteiger charge is 2.32. The van der Waals surface area contributed by atoms with Gasteiger partial charge in [-0.1, -0.05) is 15.9 Å². The number of rotatable bonds is 5. The van der Waals surface area contributed by atoms with Gasteiger partial charge in [-0.25, -0.2) is 18.7 Å². The van der Waals surface area contributed by atoms with Gasteiger partial charge in [-0.15, -0.1) is 0 Å². The SMILES string of the molecule is O=C(NOCO)C(O)S(=O)(=O)c1ccc(Br)cc1. The normalized spacial score (nSPS) is 13.1. The molecule has 0 heterocycles. The predicted molar refractivity (Wildman–Crippen MR) is 63.6 cm³/mol. The van der Waals surface area contributed by atoms with E-state index in [0.717, 1.165) is 0 Å². The molecule has 9 heteroatoms. The number of nitrogens with one attached hydrogen (secondary N) is 1. The molecule has 0 saturated heterocycles. The predicted octanol–water partition coefficient (Wildman–Crippen LogP) is -0.461. The van der Waals surface area contributed by atoms with Gasteiger partial charge in [0.1, 0.15) is 0 Å². The lowest BCUT2D eigenvalue weighted by molar-refractivity contribution is -0.146. The first-order chi connectivity index (χ1) is 8.39. The summed E-state index contributed by atoms with van der Waals surface area (Å²) in [5.74, 6) is -1.29. The van der Waals surface area contributed by atoms with Crippen LogP contribution in [0.15, 0.2) is 33.6 Å². The molecule has 1 aromatic carbocycles. The van der Waals surface area contributed by atoms with Crippen molar-refractivity contribution in [3.05, 3.63) is 28.7 Å². The third-order valence-corrected chi connectivity index (χ3v) is 4.16. The number of benzene rings is 1. The molecule has 0 saturated carbocycles. The number of halogens is 1. The number of hydrogen-bond donors (Lipinski definition) is 3. The van der Waals surface area contributed by atoms with E-state index in [9.17, 15) is 18.3 Å². The van der Waals surface area contributed by atoms with Crippen molar-refractivity contribution in [3.63, 3.8) is 0 Å². The molecule has 0 fully saturated rings. The fraction of sp³-hybridized carbons (Fsp3) is 0.222. The summed E-state index contributed by atoms with van der Waals surface area (Å²) in [6, 6.07) is 5.40. The molecule has 1 unspecified atom stereocenters. The molecule has 0 spiro atoms. The molecule has 0 aliphatic carbocycles. The standard InChI is InChI=1S/C9H10BrNO6S/c10-6-1-3-7(4-2-6)18(15,16)9(14)8(13)11-17-5-12/h1-4,9,12,14H,5H2,(H,11,13). The average molecular weight is 340 g/mol. The topological polar surface area (TPSA) is 113 Å². The highest BCUT2D eigenvalue weighted by molar-refractivity contribution is 9.10. The minimum absolute atomic E-state index is 0.211. The lowest BCUT2D eigenvalue weighted by atomic mass is 10.4.